The van der Waals surface area contributed by atoms with E-state index in [4.69, 9.17) is 0 Å². The van der Waals surface area contributed by atoms with Crippen molar-refractivity contribution in [1.82, 2.24) is 20.1 Å². The number of aromatic nitrogens is 3. The van der Waals surface area contributed by atoms with E-state index < -0.39 is 9.84 Å². The normalized spacial score (nSPS) is 18.5. The zero-order chi connectivity index (χ0) is 18.6. The van der Waals surface area contributed by atoms with Crippen molar-refractivity contribution in [3.05, 3.63) is 43.0 Å². The van der Waals surface area contributed by atoms with Crippen molar-refractivity contribution in [2.75, 3.05) is 17.3 Å². The standard InChI is InChI=1S/C17H20N4O3S2/c1-2-9-21-16(13-6-4-3-5-7-13)19-20-17(21)25-11-15(22)18-14-8-10-26(23,24)12-14/h2-7,14H,1,8-12H2,(H,18,22)/t14-/m1/s1. The van der Waals surface area contributed by atoms with E-state index in [2.05, 4.69) is 22.1 Å². The van der Waals surface area contributed by atoms with E-state index in [1.165, 1.54) is 11.8 Å². The summed E-state index contributed by atoms with van der Waals surface area (Å²) in [6.07, 6.45) is 2.23. The molecule has 0 bridgehead atoms. The van der Waals surface area contributed by atoms with Gasteiger partial charge in [0.05, 0.1) is 17.3 Å². The van der Waals surface area contributed by atoms with Crippen molar-refractivity contribution < 1.29 is 13.2 Å². The third-order valence-electron chi connectivity index (χ3n) is 3.99. The quantitative estimate of drug-likeness (QED) is 0.567. The fraction of sp³-hybridized carbons (Fsp3) is 0.353. The van der Waals surface area contributed by atoms with Gasteiger partial charge >= 0.3 is 0 Å². The number of rotatable bonds is 7. The van der Waals surface area contributed by atoms with Crippen molar-refractivity contribution in [3.63, 3.8) is 0 Å². The van der Waals surface area contributed by atoms with E-state index in [0.29, 0.717) is 18.1 Å². The van der Waals surface area contributed by atoms with Crippen LogP contribution in [0.15, 0.2) is 48.1 Å². The average Bonchev–Trinajstić information content (AvgIpc) is 3.17. The van der Waals surface area contributed by atoms with Crippen molar-refractivity contribution >= 4 is 27.5 Å². The maximum atomic E-state index is 12.1. The first kappa shape index (κ1) is 18.7. The predicted molar refractivity (Wildman–Crippen MR) is 102 cm³/mol. The van der Waals surface area contributed by atoms with Gasteiger partial charge in [0, 0.05) is 18.2 Å². The summed E-state index contributed by atoms with van der Waals surface area (Å²) in [6.45, 7) is 4.30. The SMILES string of the molecule is C=CCn1c(SCC(=O)N[C@@H]2CCS(=O)(=O)C2)nnc1-c1ccccc1. The van der Waals surface area contributed by atoms with Gasteiger partial charge in [-0.2, -0.15) is 0 Å². The third kappa shape index (κ3) is 4.53. The van der Waals surface area contributed by atoms with Gasteiger partial charge in [-0.05, 0) is 6.42 Å². The Morgan fingerprint density at radius 1 is 1.35 bits per heavy atom. The molecule has 1 aromatic heterocycles. The van der Waals surface area contributed by atoms with E-state index in [1.807, 2.05) is 34.9 Å². The van der Waals surface area contributed by atoms with Crippen LogP contribution in [0.5, 0.6) is 0 Å². The highest BCUT2D eigenvalue weighted by molar-refractivity contribution is 7.99. The minimum absolute atomic E-state index is 0.0220. The Bertz CT molecular complexity index is 894. The van der Waals surface area contributed by atoms with Crippen LogP contribution in [0.4, 0.5) is 0 Å². The summed E-state index contributed by atoms with van der Waals surface area (Å²) in [7, 11) is -3.01. The first-order valence-corrected chi connectivity index (χ1v) is 11.0. The maximum absolute atomic E-state index is 12.1. The monoisotopic (exact) mass is 392 g/mol. The van der Waals surface area contributed by atoms with Gasteiger partial charge in [0.25, 0.3) is 0 Å². The second-order valence-corrected chi connectivity index (χ2v) is 9.20. The van der Waals surface area contributed by atoms with E-state index in [9.17, 15) is 13.2 Å². The van der Waals surface area contributed by atoms with Crippen LogP contribution in [0.1, 0.15) is 6.42 Å². The molecule has 0 aliphatic carbocycles. The van der Waals surface area contributed by atoms with Gasteiger partial charge < -0.3 is 5.32 Å². The zero-order valence-electron chi connectivity index (χ0n) is 14.2. The molecule has 1 saturated heterocycles. The first-order valence-electron chi connectivity index (χ1n) is 8.20. The van der Waals surface area contributed by atoms with E-state index in [0.717, 1.165) is 11.4 Å². The molecule has 7 nitrogen and oxygen atoms in total. The lowest BCUT2D eigenvalue weighted by molar-refractivity contribution is -0.119. The van der Waals surface area contributed by atoms with Crippen LogP contribution in [0.2, 0.25) is 0 Å². The van der Waals surface area contributed by atoms with Crippen molar-refractivity contribution in [2.45, 2.75) is 24.2 Å². The minimum atomic E-state index is -3.01. The summed E-state index contributed by atoms with van der Waals surface area (Å²) >= 11 is 1.27. The molecule has 1 aliphatic rings. The summed E-state index contributed by atoms with van der Waals surface area (Å²) in [4.78, 5) is 12.1. The van der Waals surface area contributed by atoms with Crippen LogP contribution in [0, 0.1) is 0 Å². The van der Waals surface area contributed by atoms with Crippen molar-refractivity contribution in [3.8, 4) is 11.4 Å². The molecule has 0 saturated carbocycles. The Morgan fingerprint density at radius 3 is 2.77 bits per heavy atom. The highest BCUT2D eigenvalue weighted by atomic mass is 32.2. The van der Waals surface area contributed by atoms with Gasteiger partial charge in [0.2, 0.25) is 5.91 Å². The third-order valence-corrected chi connectivity index (χ3v) is 6.73. The van der Waals surface area contributed by atoms with Crippen molar-refractivity contribution in [2.24, 2.45) is 0 Å². The molecule has 1 N–H and O–H groups in total. The topological polar surface area (TPSA) is 94.0 Å². The number of carbonyl (C=O) groups is 1. The average molecular weight is 393 g/mol. The Labute approximate surface area is 156 Å². The molecule has 1 aliphatic heterocycles. The molecule has 138 valence electrons. The van der Waals surface area contributed by atoms with Crippen LogP contribution in [-0.2, 0) is 21.2 Å². The summed E-state index contributed by atoms with van der Waals surface area (Å²) in [5.41, 5.74) is 0.939. The van der Waals surface area contributed by atoms with Gasteiger partial charge in [-0.25, -0.2) is 8.42 Å². The highest BCUT2D eigenvalue weighted by Gasteiger charge is 2.29. The largest absolute Gasteiger partial charge is 0.352 e. The second-order valence-electron chi connectivity index (χ2n) is 6.03. The molecule has 9 heteroatoms. The van der Waals surface area contributed by atoms with Crippen molar-refractivity contribution in [1.29, 1.82) is 0 Å². The number of nitrogens with one attached hydrogen (secondary N) is 1. The molecule has 1 amide bonds. The summed E-state index contributed by atoms with van der Waals surface area (Å²) < 4.78 is 24.8. The van der Waals surface area contributed by atoms with Crippen LogP contribution in [-0.4, -0.2) is 52.4 Å². The molecule has 0 unspecified atom stereocenters. The van der Waals surface area contributed by atoms with Crippen LogP contribution in [0.3, 0.4) is 0 Å². The highest BCUT2D eigenvalue weighted by Crippen LogP contribution is 2.24. The number of allylic oxidation sites excluding steroid dienone is 1. The Kier molecular flexibility index (Phi) is 5.77. The summed E-state index contributed by atoms with van der Waals surface area (Å²) in [5.74, 6) is 0.829. The number of hydrogen-bond acceptors (Lipinski definition) is 6. The predicted octanol–water partition coefficient (Wildman–Crippen LogP) is 1.53. The maximum Gasteiger partial charge on any atom is 0.230 e. The van der Waals surface area contributed by atoms with Crippen LogP contribution >= 0.6 is 11.8 Å². The molecular formula is C17H20N4O3S2. The lowest BCUT2D eigenvalue weighted by Gasteiger charge is -2.11. The molecule has 2 heterocycles. The fourth-order valence-corrected chi connectivity index (χ4v) is 5.23. The minimum Gasteiger partial charge on any atom is -0.352 e. The smallest absolute Gasteiger partial charge is 0.230 e. The molecule has 1 fully saturated rings. The number of sulfone groups is 1. The fourth-order valence-electron chi connectivity index (χ4n) is 2.80. The zero-order valence-corrected chi connectivity index (χ0v) is 15.8. The second kappa shape index (κ2) is 8.05. The molecule has 1 aromatic carbocycles. The number of amides is 1. The molecule has 2 aromatic rings. The van der Waals surface area contributed by atoms with Gasteiger partial charge in [-0.15, -0.1) is 16.8 Å². The number of benzene rings is 1. The van der Waals surface area contributed by atoms with Gasteiger partial charge in [0.15, 0.2) is 20.8 Å². The lowest BCUT2D eigenvalue weighted by Crippen LogP contribution is -2.36. The van der Waals surface area contributed by atoms with E-state index >= 15 is 0 Å². The van der Waals surface area contributed by atoms with E-state index in [-0.39, 0.29) is 29.2 Å². The Balaban J connectivity index is 1.65. The Morgan fingerprint density at radius 2 is 2.12 bits per heavy atom. The summed E-state index contributed by atoms with van der Waals surface area (Å²) in [5, 5.41) is 11.8. The van der Waals surface area contributed by atoms with Gasteiger partial charge in [-0.3, -0.25) is 9.36 Å². The number of nitrogens with zero attached hydrogens (tertiary/aromatic N) is 3. The number of thioether (sulfide) groups is 1. The molecule has 1 atom stereocenters. The van der Waals surface area contributed by atoms with Crippen LogP contribution in [0.25, 0.3) is 11.4 Å². The molecule has 0 radical (unpaired) electrons. The number of carbonyl (C=O) groups excluding carboxylic acids is 1. The summed E-state index contributed by atoms with van der Waals surface area (Å²) in [6, 6.07) is 9.40. The lowest BCUT2D eigenvalue weighted by atomic mass is 10.2. The van der Waals surface area contributed by atoms with E-state index in [1.54, 1.807) is 6.08 Å². The van der Waals surface area contributed by atoms with Gasteiger partial charge in [-0.1, -0.05) is 48.2 Å². The van der Waals surface area contributed by atoms with Gasteiger partial charge in [0.1, 0.15) is 0 Å². The molecule has 26 heavy (non-hydrogen) atoms. The molecule has 3 rings (SSSR count). The Hall–Kier alpha value is -2.13. The first-order chi connectivity index (χ1) is 12.5. The number of hydrogen-bond donors (Lipinski definition) is 1. The molecule has 0 spiro atoms. The van der Waals surface area contributed by atoms with Crippen LogP contribution < -0.4 is 5.32 Å². The molecular weight excluding hydrogens is 372 g/mol.